The van der Waals surface area contributed by atoms with Crippen LogP contribution in [0.5, 0.6) is 0 Å². The van der Waals surface area contributed by atoms with Gasteiger partial charge in [-0.15, -0.1) is 0 Å². The molecule has 2 aliphatic carbocycles. The van der Waals surface area contributed by atoms with Gasteiger partial charge in [0, 0.05) is 42.3 Å². The number of hydrogen-bond acceptors (Lipinski definition) is 2. The molecule has 2 nitrogen and oxygen atoms in total. The summed E-state index contributed by atoms with van der Waals surface area (Å²) in [4.78, 5) is 2.51. The summed E-state index contributed by atoms with van der Waals surface area (Å²) in [6, 6.07) is 6.07. The van der Waals surface area contributed by atoms with Crippen LogP contribution in [-0.4, -0.2) is 30.1 Å². The molecule has 114 valence electrons. The molecule has 4 heteroatoms. The Morgan fingerprint density at radius 1 is 1.19 bits per heavy atom. The van der Waals surface area contributed by atoms with Crippen molar-refractivity contribution >= 4 is 11.6 Å². The zero-order valence-electron chi connectivity index (χ0n) is 12.2. The van der Waals surface area contributed by atoms with Gasteiger partial charge in [-0.3, -0.25) is 4.90 Å². The van der Waals surface area contributed by atoms with Crippen molar-refractivity contribution in [3.05, 3.63) is 34.6 Å². The number of nitrogens with one attached hydrogen (secondary N) is 1. The third-order valence-electron chi connectivity index (χ3n) is 5.23. The van der Waals surface area contributed by atoms with Gasteiger partial charge in [0.15, 0.2) is 0 Å². The normalized spacial score (nSPS) is 30.6. The highest BCUT2D eigenvalue weighted by Crippen LogP contribution is 2.40. The number of piperazine rings is 1. The second kappa shape index (κ2) is 5.53. The Labute approximate surface area is 130 Å². The van der Waals surface area contributed by atoms with Crippen molar-refractivity contribution in [1.82, 2.24) is 10.2 Å². The number of rotatable bonds is 4. The van der Waals surface area contributed by atoms with Crippen LogP contribution in [0.1, 0.15) is 31.2 Å². The average molecular weight is 309 g/mol. The van der Waals surface area contributed by atoms with E-state index in [2.05, 4.69) is 10.2 Å². The number of benzene rings is 1. The lowest BCUT2D eigenvalue weighted by atomic mass is 10.0. The van der Waals surface area contributed by atoms with Crippen molar-refractivity contribution in [2.24, 2.45) is 11.8 Å². The quantitative estimate of drug-likeness (QED) is 0.916. The molecule has 1 aromatic rings. The van der Waals surface area contributed by atoms with Gasteiger partial charge in [-0.25, -0.2) is 4.39 Å². The maximum absolute atomic E-state index is 14.0. The molecular formula is C17H22ClFN2. The second-order valence-electron chi connectivity index (χ2n) is 6.92. The summed E-state index contributed by atoms with van der Waals surface area (Å²) in [5.41, 5.74) is 0.740. The van der Waals surface area contributed by atoms with Crippen LogP contribution < -0.4 is 5.32 Å². The van der Waals surface area contributed by atoms with Gasteiger partial charge in [-0.2, -0.15) is 0 Å². The third-order valence-corrected chi connectivity index (χ3v) is 5.46. The minimum absolute atomic E-state index is 0.129. The van der Waals surface area contributed by atoms with Gasteiger partial charge in [-0.1, -0.05) is 11.6 Å². The standard InChI is InChI=1S/C17H22ClFN2/c18-14-5-6-15(19)13(7-14)9-21-10-16(11-1-2-11)20-8-17(21)12-3-4-12/h5-7,11-12,16-17,20H,1-4,8-10H2. The lowest BCUT2D eigenvalue weighted by Gasteiger charge is -2.41. The Morgan fingerprint density at radius 2 is 1.95 bits per heavy atom. The second-order valence-corrected chi connectivity index (χ2v) is 7.36. The molecule has 1 aliphatic heterocycles. The summed E-state index contributed by atoms with van der Waals surface area (Å²) in [5, 5.41) is 4.36. The lowest BCUT2D eigenvalue weighted by molar-refractivity contribution is 0.0992. The average Bonchev–Trinajstić information content (AvgIpc) is 3.36. The van der Waals surface area contributed by atoms with E-state index in [0.717, 1.165) is 30.5 Å². The predicted octanol–water partition coefficient (Wildman–Crippen LogP) is 3.44. The SMILES string of the molecule is Fc1ccc(Cl)cc1CN1CC(C2CC2)NCC1C1CC1. The highest BCUT2D eigenvalue weighted by atomic mass is 35.5. The topological polar surface area (TPSA) is 15.3 Å². The maximum Gasteiger partial charge on any atom is 0.127 e. The fraction of sp³-hybridized carbons (Fsp3) is 0.647. The van der Waals surface area contributed by atoms with E-state index in [9.17, 15) is 4.39 Å². The zero-order chi connectivity index (χ0) is 14.4. The minimum Gasteiger partial charge on any atom is -0.311 e. The van der Waals surface area contributed by atoms with E-state index in [4.69, 9.17) is 11.6 Å². The van der Waals surface area contributed by atoms with Gasteiger partial charge in [-0.05, 0) is 55.7 Å². The van der Waals surface area contributed by atoms with Crippen LogP contribution in [-0.2, 0) is 6.54 Å². The van der Waals surface area contributed by atoms with Crippen LogP contribution in [0.3, 0.4) is 0 Å². The van der Waals surface area contributed by atoms with Crippen molar-refractivity contribution < 1.29 is 4.39 Å². The molecule has 21 heavy (non-hydrogen) atoms. The fourth-order valence-electron chi connectivity index (χ4n) is 3.68. The van der Waals surface area contributed by atoms with Gasteiger partial charge in [0.05, 0.1) is 0 Å². The van der Waals surface area contributed by atoms with Gasteiger partial charge in [0.2, 0.25) is 0 Å². The molecule has 1 saturated heterocycles. The Hall–Kier alpha value is -0.640. The van der Waals surface area contributed by atoms with Crippen molar-refractivity contribution in [2.45, 2.75) is 44.3 Å². The first-order valence-corrected chi connectivity index (χ1v) is 8.50. The number of halogens is 2. The molecule has 0 spiro atoms. The molecule has 4 rings (SSSR count). The Bertz CT molecular complexity index is 528. The van der Waals surface area contributed by atoms with Gasteiger partial charge in [0.1, 0.15) is 5.82 Å². The Balaban J connectivity index is 1.52. The summed E-state index contributed by atoms with van der Waals surface area (Å²) < 4.78 is 14.0. The van der Waals surface area contributed by atoms with Crippen molar-refractivity contribution in [3.63, 3.8) is 0 Å². The van der Waals surface area contributed by atoms with Crippen LogP contribution >= 0.6 is 11.6 Å². The van der Waals surface area contributed by atoms with E-state index >= 15 is 0 Å². The smallest absolute Gasteiger partial charge is 0.127 e. The summed E-state index contributed by atoms with van der Waals surface area (Å²) >= 11 is 6.04. The first-order chi connectivity index (χ1) is 10.2. The largest absolute Gasteiger partial charge is 0.311 e. The molecular weight excluding hydrogens is 287 g/mol. The fourth-order valence-corrected chi connectivity index (χ4v) is 3.87. The van der Waals surface area contributed by atoms with Gasteiger partial charge in [0.25, 0.3) is 0 Å². The van der Waals surface area contributed by atoms with E-state index < -0.39 is 0 Å². The molecule has 1 N–H and O–H groups in total. The molecule has 2 unspecified atom stereocenters. The van der Waals surface area contributed by atoms with Crippen LogP contribution in [0.25, 0.3) is 0 Å². The van der Waals surface area contributed by atoms with Crippen LogP contribution in [0, 0.1) is 17.7 Å². The molecule has 0 bridgehead atoms. The van der Waals surface area contributed by atoms with Crippen LogP contribution in [0.15, 0.2) is 18.2 Å². The third kappa shape index (κ3) is 3.10. The predicted molar refractivity (Wildman–Crippen MR) is 82.8 cm³/mol. The zero-order valence-corrected chi connectivity index (χ0v) is 13.0. The van der Waals surface area contributed by atoms with E-state index in [1.807, 2.05) is 0 Å². The van der Waals surface area contributed by atoms with E-state index in [1.165, 1.54) is 31.7 Å². The minimum atomic E-state index is -0.129. The molecule has 2 saturated carbocycles. The van der Waals surface area contributed by atoms with E-state index in [-0.39, 0.29) is 5.82 Å². The van der Waals surface area contributed by atoms with Crippen LogP contribution in [0.2, 0.25) is 5.02 Å². The van der Waals surface area contributed by atoms with E-state index in [0.29, 0.717) is 23.7 Å². The van der Waals surface area contributed by atoms with Crippen molar-refractivity contribution in [1.29, 1.82) is 0 Å². The molecule has 2 atom stereocenters. The Kier molecular flexibility index (Phi) is 3.68. The van der Waals surface area contributed by atoms with Crippen molar-refractivity contribution in [3.8, 4) is 0 Å². The summed E-state index contributed by atoms with van der Waals surface area (Å²) in [5.74, 6) is 1.52. The van der Waals surface area contributed by atoms with Gasteiger partial charge < -0.3 is 5.32 Å². The van der Waals surface area contributed by atoms with Crippen molar-refractivity contribution in [2.75, 3.05) is 13.1 Å². The highest BCUT2D eigenvalue weighted by Gasteiger charge is 2.42. The monoisotopic (exact) mass is 308 g/mol. The summed E-state index contributed by atoms with van der Waals surface area (Å²) in [6.45, 7) is 2.81. The lowest BCUT2D eigenvalue weighted by Crippen LogP contribution is -2.57. The number of nitrogens with zero attached hydrogens (tertiary/aromatic N) is 1. The summed E-state index contributed by atoms with van der Waals surface area (Å²) in [6.07, 6.45) is 5.36. The summed E-state index contributed by atoms with van der Waals surface area (Å²) in [7, 11) is 0. The molecule has 3 aliphatic rings. The first kappa shape index (κ1) is 14.0. The Morgan fingerprint density at radius 3 is 2.67 bits per heavy atom. The molecule has 0 aromatic heterocycles. The highest BCUT2D eigenvalue weighted by molar-refractivity contribution is 6.30. The maximum atomic E-state index is 14.0. The molecule has 1 heterocycles. The first-order valence-electron chi connectivity index (χ1n) is 8.12. The molecule has 0 radical (unpaired) electrons. The van der Waals surface area contributed by atoms with Gasteiger partial charge >= 0.3 is 0 Å². The molecule has 3 fully saturated rings. The molecule has 0 amide bonds. The molecule has 1 aromatic carbocycles. The number of hydrogen-bond donors (Lipinski definition) is 1. The van der Waals surface area contributed by atoms with E-state index in [1.54, 1.807) is 12.1 Å². The van der Waals surface area contributed by atoms with Crippen LogP contribution in [0.4, 0.5) is 4.39 Å².